The van der Waals surface area contributed by atoms with Crippen LogP contribution in [0.4, 0.5) is 0 Å². The third kappa shape index (κ3) is 5.47. The van der Waals surface area contributed by atoms with Gasteiger partial charge in [-0.15, -0.1) is 0 Å². The number of rotatable bonds is 8. The summed E-state index contributed by atoms with van der Waals surface area (Å²) in [5.74, 6) is 0.485. The minimum Gasteiger partial charge on any atom is -0.482 e. The Morgan fingerprint density at radius 3 is 2.67 bits per heavy atom. The van der Waals surface area contributed by atoms with E-state index in [0.29, 0.717) is 30.3 Å². The quantitative estimate of drug-likeness (QED) is 0.706. The summed E-state index contributed by atoms with van der Waals surface area (Å²) in [5, 5.41) is 3.27. The predicted molar refractivity (Wildman–Crippen MR) is 106 cm³/mol. The zero-order valence-electron chi connectivity index (χ0n) is 15.1. The number of likely N-dealkylation sites (tertiary alicyclic amines) is 1. The van der Waals surface area contributed by atoms with E-state index in [1.165, 1.54) is 0 Å². The molecule has 0 spiro atoms. The van der Waals surface area contributed by atoms with Crippen LogP contribution in [0.1, 0.15) is 19.3 Å². The fourth-order valence-electron chi connectivity index (χ4n) is 3.06. The largest absolute Gasteiger partial charge is 0.482 e. The molecule has 0 aromatic heterocycles. The third-order valence-corrected chi connectivity index (χ3v) is 4.79. The third-order valence-electron chi connectivity index (χ3n) is 4.50. The van der Waals surface area contributed by atoms with Crippen molar-refractivity contribution >= 4 is 23.4 Å². The molecule has 3 rings (SSSR count). The molecule has 27 heavy (non-hydrogen) atoms. The van der Waals surface area contributed by atoms with Gasteiger partial charge in [-0.05, 0) is 36.1 Å². The highest BCUT2D eigenvalue weighted by Gasteiger charge is 2.19. The van der Waals surface area contributed by atoms with Crippen molar-refractivity contribution in [1.82, 2.24) is 10.2 Å². The lowest BCUT2D eigenvalue weighted by Crippen LogP contribution is -2.33. The minimum absolute atomic E-state index is 0.0902. The van der Waals surface area contributed by atoms with Crippen molar-refractivity contribution in [2.45, 2.75) is 19.3 Å². The van der Waals surface area contributed by atoms with E-state index in [1.807, 2.05) is 47.4 Å². The van der Waals surface area contributed by atoms with Gasteiger partial charge in [0.2, 0.25) is 5.91 Å². The second-order valence-electron chi connectivity index (χ2n) is 6.49. The van der Waals surface area contributed by atoms with Gasteiger partial charge in [-0.2, -0.15) is 0 Å². The van der Waals surface area contributed by atoms with Crippen LogP contribution in [0.2, 0.25) is 5.02 Å². The Balaban J connectivity index is 1.41. The summed E-state index contributed by atoms with van der Waals surface area (Å²) in [6, 6.07) is 15.4. The molecule has 2 aromatic carbocycles. The molecular weight excluding hydrogens is 364 g/mol. The van der Waals surface area contributed by atoms with E-state index in [4.69, 9.17) is 16.3 Å². The Morgan fingerprint density at radius 1 is 1.15 bits per heavy atom. The Labute approximate surface area is 164 Å². The number of hydrogen-bond acceptors (Lipinski definition) is 3. The normalized spacial score (nSPS) is 13.7. The first-order valence-corrected chi connectivity index (χ1v) is 9.53. The first-order chi connectivity index (χ1) is 13.1. The number of carbonyl (C=O) groups is 2. The predicted octanol–water partition coefficient (Wildman–Crippen LogP) is 3.51. The van der Waals surface area contributed by atoms with E-state index in [0.717, 1.165) is 30.5 Å². The average molecular weight is 387 g/mol. The van der Waals surface area contributed by atoms with Crippen LogP contribution in [0, 0.1) is 0 Å². The summed E-state index contributed by atoms with van der Waals surface area (Å²) < 4.78 is 5.53. The molecule has 142 valence electrons. The molecule has 0 unspecified atom stereocenters. The van der Waals surface area contributed by atoms with Crippen LogP contribution in [-0.4, -0.2) is 43.0 Å². The lowest BCUT2D eigenvalue weighted by molar-refractivity contribution is -0.127. The number of ether oxygens (including phenoxy) is 1. The molecule has 1 N–H and O–H groups in total. The van der Waals surface area contributed by atoms with E-state index >= 15 is 0 Å². The first kappa shape index (κ1) is 19.2. The lowest BCUT2D eigenvalue weighted by atomic mass is 10.1. The summed E-state index contributed by atoms with van der Waals surface area (Å²) in [6.07, 6.45) is 2.32. The second-order valence-corrected chi connectivity index (χ2v) is 6.89. The number of nitrogens with one attached hydrogen (secondary N) is 1. The zero-order valence-corrected chi connectivity index (χ0v) is 15.9. The number of halogens is 1. The maximum atomic E-state index is 11.9. The minimum atomic E-state index is -0.203. The van der Waals surface area contributed by atoms with Gasteiger partial charge in [-0.3, -0.25) is 9.59 Å². The van der Waals surface area contributed by atoms with E-state index in [2.05, 4.69) is 5.32 Å². The van der Waals surface area contributed by atoms with Crippen molar-refractivity contribution in [3.05, 3.63) is 53.6 Å². The standard InChI is InChI=1S/C21H23ClN2O3/c22-18-14-17(16-6-2-1-3-7-16)9-10-19(18)27-15-20(25)23-11-5-13-24-12-4-8-21(24)26/h1-3,6-7,9-10,14H,4-5,8,11-13,15H2,(H,23,25). The molecule has 1 aliphatic heterocycles. The summed E-state index contributed by atoms with van der Waals surface area (Å²) >= 11 is 6.28. The van der Waals surface area contributed by atoms with Gasteiger partial charge in [0.05, 0.1) is 5.02 Å². The van der Waals surface area contributed by atoms with Crippen LogP contribution >= 0.6 is 11.6 Å². The van der Waals surface area contributed by atoms with Gasteiger partial charge in [-0.25, -0.2) is 0 Å². The van der Waals surface area contributed by atoms with Gasteiger partial charge in [-0.1, -0.05) is 48.0 Å². The van der Waals surface area contributed by atoms with Gasteiger partial charge in [0.25, 0.3) is 5.91 Å². The van der Waals surface area contributed by atoms with Crippen molar-refractivity contribution in [3.8, 4) is 16.9 Å². The van der Waals surface area contributed by atoms with Gasteiger partial charge in [0, 0.05) is 26.1 Å². The van der Waals surface area contributed by atoms with E-state index in [1.54, 1.807) is 6.07 Å². The fraction of sp³-hybridized carbons (Fsp3) is 0.333. The summed E-state index contributed by atoms with van der Waals surface area (Å²) in [5.41, 5.74) is 2.06. The molecule has 0 radical (unpaired) electrons. The molecule has 0 atom stereocenters. The SMILES string of the molecule is O=C(COc1ccc(-c2ccccc2)cc1Cl)NCCCN1CCCC1=O. The first-order valence-electron chi connectivity index (χ1n) is 9.16. The molecule has 2 aromatic rings. The van der Waals surface area contributed by atoms with Crippen LogP contribution in [-0.2, 0) is 9.59 Å². The monoisotopic (exact) mass is 386 g/mol. The van der Waals surface area contributed by atoms with E-state index in [-0.39, 0.29) is 18.4 Å². The lowest BCUT2D eigenvalue weighted by Gasteiger charge is -2.15. The van der Waals surface area contributed by atoms with Crippen molar-refractivity contribution < 1.29 is 14.3 Å². The molecule has 1 aliphatic rings. The molecule has 1 fully saturated rings. The molecule has 0 saturated carbocycles. The van der Waals surface area contributed by atoms with Gasteiger partial charge < -0.3 is 15.0 Å². The van der Waals surface area contributed by atoms with Crippen molar-refractivity contribution in [2.24, 2.45) is 0 Å². The molecule has 6 heteroatoms. The highest BCUT2D eigenvalue weighted by Crippen LogP contribution is 2.30. The number of hydrogen-bond donors (Lipinski definition) is 1. The molecular formula is C21H23ClN2O3. The average Bonchev–Trinajstić information content (AvgIpc) is 3.09. The van der Waals surface area contributed by atoms with Crippen molar-refractivity contribution in [1.29, 1.82) is 0 Å². The smallest absolute Gasteiger partial charge is 0.257 e. The molecule has 1 heterocycles. The molecule has 2 amide bonds. The zero-order chi connectivity index (χ0) is 19.1. The van der Waals surface area contributed by atoms with Gasteiger partial charge in [0.15, 0.2) is 6.61 Å². The maximum Gasteiger partial charge on any atom is 0.257 e. The highest BCUT2D eigenvalue weighted by atomic mass is 35.5. The summed E-state index contributed by atoms with van der Waals surface area (Å²) in [7, 11) is 0. The van der Waals surface area contributed by atoms with Crippen LogP contribution in [0.25, 0.3) is 11.1 Å². The van der Waals surface area contributed by atoms with Crippen LogP contribution < -0.4 is 10.1 Å². The fourth-order valence-corrected chi connectivity index (χ4v) is 3.30. The molecule has 0 bridgehead atoms. The number of carbonyl (C=O) groups excluding carboxylic acids is 2. The molecule has 5 nitrogen and oxygen atoms in total. The molecule has 0 aliphatic carbocycles. The number of amides is 2. The second kappa shape index (κ2) is 9.42. The highest BCUT2D eigenvalue weighted by molar-refractivity contribution is 6.32. The van der Waals surface area contributed by atoms with Crippen LogP contribution in [0.15, 0.2) is 48.5 Å². The summed E-state index contributed by atoms with van der Waals surface area (Å²) in [4.78, 5) is 25.3. The van der Waals surface area contributed by atoms with Crippen LogP contribution in [0.3, 0.4) is 0 Å². The van der Waals surface area contributed by atoms with Gasteiger partial charge >= 0.3 is 0 Å². The Morgan fingerprint density at radius 2 is 1.96 bits per heavy atom. The van der Waals surface area contributed by atoms with Gasteiger partial charge in [0.1, 0.15) is 5.75 Å². The number of nitrogens with zero attached hydrogens (tertiary/aromatic N) is 1. The van der Waals surface area contributed by atoms with E-state index in [9.17, 15) is 9.59 Å². The Hall–Kier alpha value is -2.53. The van der Waals surface area contributed by atoms with E-state index < -0.39 is 0 Å². The molecule has 1 saturated heterocycles. The Kier molecular flexibility index (Phi) is 6.71. The van der Waals surface area contributed by atoms with Crippen molar-refractivity contribution in [3.63, 3.8) is 0 Å². The van der Waals surface area contributed by atoms with Crippen LogP contribution in [0.5, 0.6) is 5.75 Å². The topological polar surface area (TPSA) is 58.6 Å². The van der Waals surface area contributed by atoms with Crippen molar-refractivity contribution in [2.75, 3.05) is 26.2 Å². The Bertz CT molecular complexity index is 795. The summed E-state index contributed by atoms with van der Waals surface area (Å²) in [6.45, 7) is 1.94. The maximum absolute atomic E-state index is 11.9. The number of benzene rings is 2.